The average Bonchev–Trinajstić information content (AvgIpc) is 3.28. The molecule has 0 atom stereocenters. The first-order valence-corrected chi connectivity index (χ1v) is 10.9. The highest BCUT2D eigenvalue weighted by Gasteiger charge is 2.14. The highest BCUT2D eigenvalue weighted by Crippen LogP contribution is 2.27. The van der Waals surface area contributed by atoms with E-state index in [0.29, 0.717) is 28.7 Å². The van der Waals surface area contributed by atoms with Gasteiger partial charge in [0.15, 0.2) is 0 Å². The molecule has 7 heteroatoms. The number of carbonyl (C=O) groups excluding carboxylic acids is 1. The molecule has 4 rings (SSSR count). The van der Waals surface area contributed by atoms with Gasteiger partial charge in [-0.1, -0.05) is 41.9 Å². The third-order valence-corrected chi connectivity index (χ3v) is 5.34. The van der Waals surface area contributed by atoms with Crippen molar-refractivity contribution in [2.45, 2.75) is 13.0 Å². The van der Waals surface area contributed by atoms with Crippen molar-refractivity contribution < 1.29 is 9.21 Å². The number of pyridine rings is 1. The summed E-state index contributed by atoms with van der Waals surface area (Å²) in [4.78, 5) is 19.5. The summed E-state index contributed by atoms with van der Waals surface area (Å²) in [6, 6.07) is 21.1. The molecule has 0 spiro atoms. The molecule has 6 nitrogen and oxygen atoms in total. The lowest BCUT2D eigenvalue weighted by Gasteiger charge is -2.16. The zero-order valence-corrected chi connectivity index (χ0v) is 18.6. The summed E-state index contributed by atoms with van der Waals surface area (Å²) in [7, 11) is 2.08. The Morgan fingerprint density at radius 1 is 1.09 bits per heavy atom. The van der Waals surface area contributed by atoms with Crippen LogP contribution in [0.3, 0.4) is 0 Å². The van der Waals surface area contributed by atoms with Crippen molar-refractivity contribution in [1.29, 1.82) is 0 Å². The van der Waals surface area contributed by atoms with Gasteiger partial charge in [0.1, 0.15) is 17.1 Å². The fraction of sp³-hybridized carbons (Fsp3) is 0.200. The summed E-state index contributed by atoms with van der Waals surface area (Å²) in [6.45, 7) is 2.32. The number of amides is 1. The van der Waals surface area contributed by atoms with E-state index in [9.17, 15) is 4.79 Å². The second-order valence-electron chi connectivity index (χ2n) is 7.65. The van der Waals surface area contributed by atoms with E-state index in [1.165, 1.54) is 5.56 Å². The summed E-state index contributed by atoms with van der Waals surface area (Å²) in [5.41, 5.74) is 3.00. The fourth-order valence-corrected chi connectivity index (χ4v) is 3.59. The fourth-order valence-electron chi connectivity index (χ4n) is 3.46. The van der Waals surface area contributed by atoms with Crippen molar-refractivity contribution in [3.05, 3.63) is 89.3 Å². The molecule has 0 aliphatic carbocycles. The summed E-state index contributed by atoms with van der Waals surface area (Å²) in [6.07, 6.45) is 2.43. The van der Waals surface area contributed by atoms with Crippen LogP contribution in [-0.4, -0.2) is 35.9 Å². The van der Waals surface area contributed by atoms with E-state index in [1.54, 1.807) is 24.5 Å². The molecule has 1 amide bonds. The van der Waals surface area contributed by atoms with E-state index < -0.39 is 0 Å². The van der Waals surface area contributed by atoms with Gasteiger partial charge in [-0.3, -0.25) is 4.79 Å². The van der Waals surface area contributed by atoms with Gasteiger partial charge in [-0.05, 0) is 55.9 Å². The number of furan rings is 1. The van der Waals surface area contributed by atoms with E-state index in [0.717, 1.165) is 30.6 Å². The number of benzene rings is 2. The molecule has 0 fully saturated rings. The number of carbonyl (C=O) groups is 1. The molecule has 0 saturated carbocycles. The van der Waals surface area contributed by atoms with Gasteiger partial charge >= 0.3 is 0 Å². The first-order valence-electron chi connectivity index (χ1n) is 10.5. The predicted octanol–water partition coefficient (Wildman–Crippen LogP) is 5.48. The zero-order chi connectivity index (χ0) is 22.3. The second-order valence-corrected chi connectivity index (χ2v) is 8.09. The third-order valence-electron chi connectivity index (χ3n) is 5.09. The normalized spacial score (nSPS) is 11.1. The maximum Gasteiger partial charge on any atom is 0.270 e. The molecule has 164 valence electrons. The molecule has 0 bridgehead atoms. The highest BCUT2D eigenvalue weighted by atomic mass is 35.5. The topological polar surface area (TPSA) is 70.4 Å². The molecule has 4 aromatic rings. The van der Waals surface area contributed by atoms with E-state index in [2.05, 4.69) is 39.7 Å². The van der Waals surface area contributed by atoms with Crippen LogP contribution < -0.4 is 10.6 Å². The number of nitrogens with zero attached hydrogens (tertiary/aromatic N) is 2. The van der Waals surface area contributed by atoms with Gasteiger partial charge in [-0.2, -0.15) is 0 Å². The van der Waals surface area contributed by atoms with Crippen molar-refractivity contribution in [2.75, 3.05) is 25.5 Å². The Morgan fingerprint density at radius 2 is 1.88 bits per heavy atom. The Morgan fingerprint density at radius 3 is 2.66 bits per heavy atom. The van der Waals surface area contributed by atoms with Crippen LogP contribution in [0.2, 0.25) is 5.02 Å². The number of nitrogens with one attached hydrogen (secondary N) is 2. The molecule has 0 radical (unpaired) electrons. The van der Waals surface area contributed by atoms with Crippen LogP contribution in [-0.2, 0) is 6.54 Å². The summed E-state index contributed by atoms with van der Waals surface area (Å²) < 4.78 is 5.53. The molecule has 2 heterocycles. The smallest absolute Gasteiger partial charge is 0.270 e. The Bertz CT molecular complexity index is 1180. The maximum atomic E-state index is 12.7. The third kappa shape index (κ3) is 5.66. The van der Waals surface area contributed by atoms with Crippen LogP contribution in [0, 0.1) is 0 Å². The van der Waals surface area contributed by atoms with Crippen molar-refractivity contribution >= 4 is 40.0 Å². The minimum Gasteiger partial charge on any atom is -0.464 e. The Balaban J connectivity index is 1.35. The van der Waals surface area contributed by atoms with Gasteiger partial charge < -0.3 is 20.0 Å². The van der Waals surface area contributed by atoms with Gasteiger partial charge in [-0.15, -0.1) is 0 Å². The van der Waals surface area contributed by atoms with Crippen molar-refractivity contribution in [1.82, 2.24) is 15.2 Å². The van der Waals surface area contributed by atoms with Crippen LogP contribution in [0.15, 0.2) is 77.4 Å². The Labute approximate surface area is 192 Å². The van der Waals surface area contributed by atoms with Crippen LogP contribution in [0.25, 0.3) is 11.0 Å². The van der Waals surface area contributed by atoms with Crippen LogP contribution in [0.4, 0.5) is 11.5 Å². The van der Waals surface area contributed by atoms with Crippen LogP contribution in [0.5, 0.6) is 0 Å². The Hall–Kier alpha value is -3.35. The maximum absolute atomic E-state index is 12.7. The molecule has 0 unspecified atom stereocenters. The molecule has 0 saturated heterocycles. The molecule has 32 heavy (non-hydrogen) atoms. The molecular formula is C25H25ClN4O2. The van der Waals surface area contributed by atoms with Crippen LogP contribution >= 0.6 is 11.6 Å². The van der Waals surface area contributed by atoms with Crippen molar-refractivity contribution in [3.8, 4) is 0 Å². The summed E-state index contributed by atoms with van der Waals surface area (Å²) in [5.74, 6) is 0.333. The minimum absolute atomic E-state index is 0.229. The van der Waals surface area contributed by atoms with Crippen molar-refractivity contribution in [3.63, 3.8) is 0 Å². The number of hydrogen-bond donors (Lipinski definition) is 2. The number of rotatable bonds is 9. The molecule has 2 N–H and O–H groups in total. The van der Waals surface area contributed by atoms with Crippen LogP contribution in [0.1, 0.15) is 22.5 Å². The standard InChI is InChI=1S/C25H25ClN4O2/c1-30(17-18-6-3-2-4-7-18)14-5-13-27-25(31)22-16-23-21(12-15-32-23)24(29-22)28-20-10-8-19(26)9-11-20/h2-4,6-12,15-16H,5,13-14,17H2,1H3,(H,27,31)(H,28,29). The SMILES string of the molecule is CN(CCCNC(=O)c1cc2occc2c(Nc2ccc(Cl)cc2)n1)Cc1ccccc1. The lowest BCUT2D eigenvalue weighted by atomic mass is 10.2. The lowest BCUT2D eigenvalue weighted by molar-refractivity contribution is 0.0947. The first-order chi connectivity index (χ1) is 15.6. The monoisotopic (exact) mass is 448 g/mol. The quantitative estimate of drug-likeness (QED) is 0.332. The molecule has 2 aromatic carbocycles. The van der Waals surface area contributed by atoms with E-state index in [4.69, 9.17) is 16.0 Å². The van der Waals surface area contributed by atoms with Gasteiger partial charge in [0.2, 0.25) is 0 Å². The highest BCUT2D eigenvalue weighted by molar-refractivity contribution is 6.30. The number of aromatic nitrogens is 1. The first kappa shape index (κ1) is 21.9. The molecule has 0 aliphatic rings. The number of hydrogen-bond acceptors (Lipinski definition) is 5. The van der Waals surface area contributed by atoms with Crippen molar-refractivity contribution in [2.24, 2.45) is 0 Å². The minimum atomic E-state index is -0.229. The van der Waals surface area contributed by atoms with Gasteiger partial charge in [0.25, 0.3) is 5.91 Å². The largest absolute Gasteiger partial charge is 0.464 e. The number of fused-ring (bicyclic) bond motifs is 1. The van der Waals surface area contributed by atoms with Gasteiger partial charge in [-0.25, -0.2) is 4.98 Å². The molecule has 0 aliphatic heterocycles. The van der Waals surface area contributed by atoms with E-state index in [1.807, 2.05) is 36.4 Å². The second kappa shape index (κ2) is 10.3. The molecular weight excluding hydrogens is 424 g/mol. The molecule has 2 aromatic heterocycles. The van der Waals surface area contributed by atoms with E-state index >= 15 is 0 Å². The Kier molecular flexibility index (Phi) is 7.04. The summed E-state index contributed by atoms with van der Waals surface area (Å²) in [5, 5.41) is 7.66. The lowest BCUT2D eigenvalue weighted by Crippen LogP contribution is -2.28. The number of halogens is 1. The summed E-state index contributed by atoms with van der Waals surface area (Å²) >= 11 is 5.97. The zero-order valence-electron chi connectivity index (χ0n) is 17.8. The average molecular weight is 449 g/mol. The van der Waals surface area contributed by atoms with Gasteiger partial charge in [0, 0.05) is 29.9 Å². The van der Waals surface area contributed by atoms with E-state index in [-0.39, 0.29) is 5.91 Å². The number of anilines is 2. The van der Waals surface area contributed by atoms with Gasteiger partial charge in [0.05, 0.1) is 11.6 Å². The predicted molar refractivity (Wildman–Crippen MR) is 128 cm³/mol.